The molecule has 0 fully saturated rings. The molecule has 3 rings (SSSR count). The minimum Gasteiger partial charge on any atom is -0.344 e. The number of thiophene rings is 1. The molecule has 4 nitrogen and oxygen atoms in total. The van der Waals surface area contributed by atoms with Gasteiger partial charge in [0.2, 0.25) is 5.91 Å². The van der Waals surface area contributed by atoms with Gasteiger partial charge in [0.05, 0.1) is 4.88 Å². The van der Waals surface area contributed by atoms with Crippen LogP contribution in [0, 0.1) is 5.92 Å². The number of nitrogens with one attached hydrogen (secondary N) is 1. The predicted molar refractivity (Wildman–Crippen MR) is 97.9 cm³/mol. The molecule has 1 aliphatic rings. The van der Waals surface area contributed by atoms with E-state index in [0.717, 1.165) is 23.3 Å². The van der Waals surface area contributed by atoms with Crippen LogP contribution >= 0.6 is 22.9 Å². The zero-order valence-electron chi connectivity index (χ0n) is 13.6. The first-order valence-electron chi connectivity index (χ1n) is 7.83. The van der Waals surface area contributed by atoms with E-state index in [-0.39, 0.29) is 17.7 Å². The van der Waals surface area contributed by atoms with Crippen LogP contribution in [0.1, 0.15) is 26.5 Å². The highest BCUT2D eigenvalue weighted by atomic mass is 35.5. The first-order chi connectivity index (χ1) is 11.4. The number of aryl methyl sites for hydroxylation is 1. The Bertz CT molecular complexity index is 785. The normalized spacial score (nSPS) is 16.4. The third-order valence-electron chi connectivity index (χ3n) is 4.16. The third-order valence-corrected chi connectivity index (χ3v) is 5.62. The Morgan fingerprint density at radius 2 is 2.08 bits per heavy atom. The molecule has 1 aromatic carbocycles. The summed E-state index contributed by atoms with van der Waals surface area (Å²) in [5, 5.41) is 3.54. The second-order valence-corrected chi connectivity index (χ2v) is 7.77. The van der Waals surface area contributed by atoms with Crippen LogP contribution in [0.15, 0.2) is 30.3 Å². The molecule has 1 heterocycles. The molecule has 6 heteroatoms. The summed E-state index contributed by atoms with van der Waals surface area (Å²) < 4.78 is 0. The highest BCUT2D eigenvalue weighted by Gasteiger charge is 2.27. The van der Waals surface area contributed by atoms with Gasteiger partial charge in [-0.3, -0.25) is 9.59 Å². The van der Waals surface area contributed by atoms with Gasteiger partial charge in [-0.25, -0.2) is 0 Å². The molecule has 0 unspecified atom stereocenters. The van der Waals surface area contributed by atoms with Crippen LogP contribution in [-0.2, 0) is 17.6 Å². The molecule has 1 aliphatic carbocycles. The fraction of sp³-hybridized carbons (Fsp3) is 0.333. The summed E-state index contributed by atoms with van der Waals surface area (Å²) in [6, 6.07) is 9.11. The number of hydrogen-bond acceptors (Lipinski definition) is 3. The number of anilines is 1. The minimum absolute atomic E-state index is 0.00889. The lowest BCUT2D eigenvalue weighted by Gasteiger charge is -2.21. The largest absolute Gasteiger partial charge is 0.344 e. The van der Waals surface area contributed by atoms with Gasteiger partial charge in [-0.2, -0.15) is 0 Å². The summed E-state index contributed by atoms with van der Waals surface area (Å²) in [5.74, 6) is -0.0441. The van der Waals surface area contributed by atoms with Crippen LogP contribution in [0.4, 0.5) is 5.69 Å². The topological polar surface area (TPSA) is 49.4 Å². The van der Waals surface area contributed by atoms with Gasteiger partial charge >= 0.3 is 0 Å². The van der Waals surface area contributed by atoms with Crippen molar-refractivity contribution in [2.24, 2.45) is 5.92 Å². The minimum atomic E-state index is -0.0756. The van der Waals surface area contributed by atoms with Gasteiger partial charge in [0.1, 0.15) is 0 Å². The van der Waals surface area contributed by atoms with Crippen molar-refractivity contribution in [2.45, 2.75) is 19.3 Å². The van der Waals surface area contributed by atoms with Crippen molar-refractivity contribution >= 4 is 40.4 Å². The summed E-state index contributed by atoms with van der Waals surface area (Å²) in [7, 11) is 3.50. The summed E-state index contributed by atoms with van der Waals surface area (Å²) in [6.07, 6.45) is 2.32. The number of carbonyl (C=O) groups excluding carboxylic acids is 2. The molecule has 0 bridgehead atoms. The maximum Gasteiger partial charge on any atom is 0.263 e. The Hall–Kier alpha value is -1.85. The van der Waals surface area contributed by atoms with Gasteiger partial charge in [-0.05, 0) is 49.1 Å². The average molecular weight is 363 g/mol. The lowest BCUT2D eigenvalue weighted by molar-refractivity contribution is -0.120. The maximum absolute atomic E-state index is 12.5. The number of fused-ring (bicyclic) bond motifs is 1. The number of halogens is 1. The van der Waals surface area contributed by atoms with Crippen LogP contribution in [0.25, 0.3) is 0 Å². The van der Waals surface area contributed by atoms with E-state index in [1.807, 2.05) is 18.2 Å². The number of benzene rings is 1. The van der Waals surface area contributed by atoms with Crippen molar-refractivity contribution in [3.05, 3.63) is 50.7 Å². The van der Waals surface area contributed by atoms with Gasteiger partial charge < -0.3 is 10.2 Å². The van der Waals surface area contributed by atoms with Crippen molar-refractivity contribution in [1.29, 1.82) is 0 Å². The lowest BCUT2D eigenvalue weighted by atomic mass is 9.87. The summed E-state index contributed by atoms with van der Waals surface area (Å²) in [4.78, 5) is 28.2. The monoisotopic (exact) mass is 362 g/mol. The van der Waals surface area contributed by atoms with Crippen LogP contribution in [0.5, 0.6) is 0 Å². The Kier molecular flexibility index (Phi) is 4.92. The number of hydrogen-bond donors (Lipinski definition) is 1. The zero-order valence-corrected chi connectivity index (χ0v) is 15.2. The number of carbonyl (C=O) groups is 2. The molecule has 2 amide bonds. The van der Waals surface area contributed by atoms with Crippen molar-refractivity contribution in [2.75, 3.05) is 19.4 Å². The van der Waals surface area contributed by atoms with Gasteiger partial charge in [0.15, 0.2) is 0 Å². The fourth-order valence-corrected chi connectivity index (χ4v) is 4.30. The fourth-order valence-electron chi connectivity index (χ4n) is 2.88. The molecule has 1 aromatic heterocycles. The molecule has 1 atom stereocenters. The molecule has 1 N–H and O–H groups in total. The molecule has 0 aliphatic heterocycles. The molecule has 0 radical (unpaired) electrons. The van der Waals surface area contributed by atoms with E-state index in [9.17, 15) is 9.59 Å². The van der Waals surface area contributed by atoms with E-state index < -0.39 is 0 Å². The smallest absolute Gasteiger partial charge is 0.263 e. The van der Waals surface area contributed by atoms with E-state index in [1.54, 1.807) is 42.5 Å². The second-order valence-electron chi connectivity index (χ2n) is 6.20. The van der Waals surface area contributed by atoms with Gasteiger partial charge in [-0.15, -0.1) is 11.3 Å². The average Bonchev–Trinajstić information content (AvgIpc) is 2.96. The number of nitrogens with zero attached hydrogens (tertiary/aromatic N) is 1. The Labute approximate surface area is 150 Å². The highest BCUT2D eigenvalue weighted by Crippen LogP contribution is 2.33. The summed E-state index contributed by atoms with van der Waals surface area (Å²) >= 11 is 7.50. The Morgan fingerprint density at radius 3 is 2.79 bits per heavy atom. The van der Waals surface area contributed by atoms with E-state index >= 15 is 0 Å². The first kappa shape index (κ1) is 17.0. The van der Waals surface area contributed by atoms with E-state index in [2.05, 4.69) is 5.32 Å². The first-order valence-corrected chi connectivity index (χ1v) is 9.03. The number of amides is 2. The molecule has 0 saturated heterocycles. The Balaban J connectivity index is 1.70. The molecular formula is C18H19ClN2O2S. The second kappa shape index (κ2) is 6.95. The molecule has 126 valence electrons. The van der Waals surface area contributed by atoms with Gasteiger partial charge in [0, 0.05) is 35.6 Å². The third kappa shape index (κ3) is 3.62. The number of rotatable bonds is 3. The predicted octanol–water partition coefficient (Wildman–Crippen LogP) is 3.85. The molecule has 2 aromatic rings. The lowest BCUT2D eigenvalue weighted by Crippen LogP contribution is -2.27. The van der Waals surface area contributed by atoms with E-state index in [4.69, 9.17) is 11.6 Å². The molecular weight excluding hydrogens is 344 g/mol. The van der Waals surface area contributed by atoms with E-state index in [1.165, 1.54) is 4.88 Å². The summed E-state index contributed by atoms with van der Waals surface area (Å²) in [5.41, 5.74) is 1.84. The van der Waals surface area contributed by atoms with E-state index in [0.29, 0.717) is 17.1 Å². The van der Waals surface area contributed by atoms with Crippen LogP contribution in [0.2, 0.25) is 5.02 Å². The summed E-state index contributed by atoms with van der Waals surface area (Å²) in [6.45, 7) is 0. The highest BCUT2D eigenvalue weighted by molar-refractivity contribution is 7.14. The molecule has 0 spiro atoms. The van der Waals surface area contributed by atoms with Crippen molar-refractivity contribution in [3.63, 3.8) is 0 Å². The quantitative estimate of drug-likeness (QED) is 0.901. The van der Waals surface area contributed by atoms with Crippen molar-refractivity contribution in [1.82, 2.24) is 4.90 Å². The van der Waals surface area contributed by atoms with Crippen LogP contribution < -0.4 is 5.32 Å². The van der Waals surface area contributed by atoms with Crippen molar-refractivity contribution < 1.29 is 9.59 Å². The van der Waals surface area contributed by atoms with Gasteiger partial charge in [-0.1, -0.05) is 17.7 Å². The van der Waals surface area contributed by atoms with Crippen LogP contribution in [0.3, 0.4) is 0 Å². The molecule has 0 saturated carbocycles. The van der Waals surface area contributed by atoms with Crippen LogP contribution in [-0.4, -0.2) is 30.8 Å². The molecule has 24 heavy (non-hydrogen) atoms. The maximum atomic E-state index is 12.5. The Morgan fingerprint density at radius 1 is 1.29 bits per heavy atom. The van der Waals surface area contributed by atoms with Crippen molar-refractivity contribution in [3.8, 4) is 0 Å². The zero-order chi connectivity index (χ0) is 17.3. The SMILES string of the molecule is CN(C)C(=O)c1cc2c(s1)CC[C@@H](C(=O)Nc1cccc(Cl)c1)C2. The standard InChI is InChI=1S/C18H19ClN2O2S/c1-21(2)18(23)16-9-12-8-11(6-7-15(12)24-16)17(22)20-14-5-3-4-13(19)10-14/h3-5,9-11H,6-8H2,1-2H3,(H,20,22)/t11-/m1/s1. The van der Waals surface area contributed by atoms with Gasteiger partial charge in [0.25, 0.3) is 5.91 Å².